The first kappa shape index (κ1) is 20.5. The third kappa shape index (κ3) is 6.54. The van der Waals surface area contributed by atoms with Crippen LogP contribution in [0.1, 0.15) is 19.8 Å². The molecule has 1 saturated heterocycles. The Morgan fingerprint density at radius 2 is 2.12 bits per heavy atom. The molecule has 0 radical (unpaired) electrons. The normalized spacial score (nSPS) is 17.2. The summed E-state index contributed by atoms with van der Waals surface area (Å²) in [5, 5.41) is 6.60. The molecule has 7 heteroatoms. The maximum atomic E-state index is 11.7. The number of aliphatic imine (C=N–C) groups is 1. The Kier molecular flexibility index (Phi) is 9.51. The van der Waals surface area contributed by atoms with Crippen LogP contribution in [0.25, 0.3) is 0 Å². The Balaban J connectivity index is 0.00000288. The number of rotatable bonds is 6. The molecule has 0 bridgehead atoms. The molecule has 1 fully saturated rings. The predicted octanol–water partition coefficient (Wildman–Crippen LogP) is 1.86. The number of benzene rings is 1. The highest BCUT2D eigenvalue weighted by atomic mass is 127. The predicted molar refractivity (Wildman–Crippen MR) is 107 cm³/mol. The molecule has 0 aromatic heterocycles. The maximum absolute atomic E-state index is 11.7. The Hall–Kier alpha value is -1.51. The first-order valence-corrected chi connectivity index (χ1v) is 8.15. The Labute approximate surface area is 161 Å². The molecule has 1 aliphatic rings. The molecular formula is C17H27IN4O2. The van der Waals surface area contributed by atoms with E-state index in [2.05, 4.69) is 15.6 Å². The van der Waals surface area contributed by atoms with Crippen molar-refractivity contribution in [1.82, 2.24) is 15.5 Å². The average Bonchev–Trinajstić information content (AvgIpc) is 3.06. The minimum absolute atomic E-state index is 0. The molecule has 1 atom stereocenters. The lowest BCUT2D eigenvalue weighted by atomic mass is 10.3. The molecule has 1 heterocycles. The van der Waals surface area contributed by atoms with Crippen molar-refractivity contribution in [2.45, 2.75) is 25.8 Å². The van der Waals surface area contributed by atoms with Crippen molar-refractivity contribution in [2.24, 2.45) is 4.99 Å². The largest absolute Gasteiger partial charge is 0.492 e. The Bertz CT molecular complexity index is 525. The summed E-state index contributed by atoms with van der Waals surface area (Å²) in [7, 11) is 1.75. The van der Waals surface area contributed by atoms with Crippen LogP contribution in [0.15, 0.2) is 35.3 Å². The Morgan fingerprint density at radius 1 is 1.38 bits per heavy atom. The van der Waals surface area contributed by atoms with Gasteiger partial charge in [0.2, 0.25) is 5.91 Å². The second-order valence-electron chi connectivity index (χ2n) is 5.48. The molecule has 1 aliphatic heterocycles. The van der Waals surface area contributed by atoms with E-state index in [4.69, 9.17) is 4.74 Å². The van der Waals surface area contributed by atoms with Crippen molar-refractivity contribution in [3.63, 3.8) is 0 Å². The van der Waals surface area contributed by atoms with Gasteiger partial charge in [0.1, 0.15) is 12.4 Å². The van der Waals surface area contributed by atoms with Gasteiger partial charge in [0.05, 0.1) is 6.54 Å². The van der Waals surface area contributed by atoms with E-state index < -0.39 is 0 Å². The lowest BCUT2D eigenvalue weighted by Crippen LogP contribution is -2.46. The molecule has 2 N–H and O–H groups in total. The standard InChI is InChI=1S/C17H26N4O2.HI/c1-3-16(22)21-11-9-14(13-21)20-17(18-2)19-10-12-23-15-7-5-4-6-8-15;/h4-8,14H,3,9-13H2,1-2H3,(H2,18,19,20);1H. The SMILES string of the molecule is CCC(=O)N1CCC(NC(=NC)NCCOc2ccccc2)C1.I. The number of hydrogen-bond donors (Lipinski definition) is 2. The Morgan fingerprint density at radius 3 is 2.79 bits per heavy atom. The summed E-state index contributed by atoms with van der Waals surface area (Å²) >= 11 is 0. The fourth-order valence-electron chi connectivity index (χ4n) is 2.57. The van der Waals surface area contributed by atoms with Gasteiger partial charge in [0, 0.05) is 32.6 Å². The number of amides is 1. The van der Waals surface area contributed by atoms with Crippen LogP contribution >= 0.6 is 24.0 Å². The smallest absolute Gasteiger partial charge is 0.222 e. The topological polar surface area (TPSA) is 66.0 Å². The summed E-state index contributed by atoms with van der Waals surface area (Å²) in [6.07, 6.45) is 1.52. The molecule has 0 saturated carbocycles. The van der Waals surface area contributed by atoms with Gasteiger partial charge >= 0.3 is 0 Å². The summed E-state index contributed by atoms with van der Waals surface area (Å²) < 4.78 is 5.64. The first-order valence-electron chi connectivity index (χ1n) is 8.15. The van der Waals surface area contributed by atoms with E-state index >= 15 is 0 Å². The average molecular weight is 446 g/mol. The number of carbonyl (C=O) groups excluding carboxylic acids is 1. The van der Waals surface area contributed by atoms with Crippen molar-refractivity contribution in [3.8, 4) is 5.75 Å². The zero-order valence-electron chi connectivity index (χ0n) is 14.3. The number of ether oxygens (including phenoxy) is 1. The van der Waals surface area contributed by atoms with Gasteiger partial charge in [-0.25, -0.2) is 0 Å². The molecule has 1 unspecified atom stereocenters. The molecular weight excluding hydrogens is 419 g/mol. The van der Waals surface area contributed by atoms with Crippen LogP contribution < -0.4 is 15.4 Å². The number of likely N-dealkylation sites (tertiary alicyclic amines) is 1. The number of halogens is 1. The van der Waals surface area contributed by atoms with Gasteiger partial charge in [0.15, 0.2) is 5.96 Å². The lowest BCUT2D eigenvalue weighted by Gasteiger charge is -2.18. The van der Waals surface area contributed by atoms with Crippen molar-refractivity contribution >= 4 is 35.8 Å². The summed E-state index contributed by atoms with van der Waals surface area (Å²) in [6, 6.07) is 9.99. The van der Waals surface area contributed by atoms with E-state index in [1.807, 2.05) is 42.2 Å². The maximum Gasteiger partial charge on any atom is 0.222 e. The van der Waals surface area contributed by atoms with Gasteiger partial charge < -0.3 is 20.3 Å². The van der Waals surface area contributed by atoms with Crippen LogP contribution in [0.4, 0.5) is 0 Å². The number of nitrogens with zero attached hydrogens (tertiary/aromatic N) is 2. The molecule has 1 aromatic rings. The van der Waals surface area contributed by atoms with Crippen LogP contribution in [-0.2, 0) is 4.79 Å². The number of carbonyl (C=O) groups is 1. The van der Waals surface area contributed by atoms with Gasteiger partial charge in [-0.1, -0.05) is 25.1 Å². The van der Waals surface area contributed by atoms with E-state index in [9.17, 15) is 4.79 Å². The number of hydrogen-bond acceptors (Lipinski definition) is 3. The third-order valence-electron chi connectivity index (χ3n) is 3.81. The van der Waals surface area contributed by atoms with E-state index in [0.717, 1.165) is 31.2 Å². The summed E-state index contributed by atoms with van der Waals surface area (Å²) in [6.45, 7) is 4.69. The van der Waals surface area contributed by atoms with Crippen LogP contribution in [0.5, 0.6) is 5.75 Å². The number of guanidine groups is 1. The van der Waals surface area contributed by atoms with Crippen LogP contribution in [0, 0.1) is 0 Å². The lowest BCUT2D eigenvalue weighted by molar-refractivity contribution is -0.129. The third-order valence-corrected chi connectivity index (χ3v) is 3.81. The quantitative estimate of drug-likeness (QED) is 0.303. The van der Waals surface area contributed by atoms with Crippen molar-refractivity contribution in [3.05, 3.63) is 30.3 Å². The van der Waals surface area contributed by atoms with E-state index in [-0.39, 0.29) is 35.9 Å². The molecule has 134 valence electrons. The number of nitrogens with one attached hydrogen (secondary N) is 2. The van der Waals surface area contributed by atoms with Crippen LogP contribution in [0.3, 0.4) is 0 Å². The molecule has 0 aliphatic carbocycles. The highest BCUT2D eigenvalue weighted by molar-refractivity contribution is 14.0. The van der Waals surface area contributed by atoms with Gasteiger partial charge in [0.25, 0.3) is 0 Å². The zero-order valence-corrected chi connectivity index (χ0v) is 16.7. The van der Waals surface area contributed by atoms with Crippen molar-refractivity contribution in [2.75, 3.05) is 33.3 Å². The highest BCUT2D eigenvalue weighted by Gasteiger charge is 2.25. The number of para-hydroxylation sites is 1. The molecule has 1 amide bonds. The molecule has 2 rings (SSSR count). The van der Waals surface area contributed by atoms with Gasteiger partial charge in [-0.15, -0.1) is 24.0 Å². The van der Waals surface area contributed by atoms with Crippen molar-refractivity contribution in [1.29, 1.82) is 0 Å². The van der Waals surface area contributed by atoms with Gasteiger partial charge in [-0.05, 0) is 18.6 Å². The summed E-state index contributed by atoms with van der Waals surface area (Å²) in [5.74, 6) is 1.83. The molecule has 6 nitrogen and oxygen atoms in total. The minimum atomic E-state index is 0. The van der Waals surface area contributed by atoms with Crippen LogP contribution in [-0.4, -0.2) is 56.1 Å². The monoisotopic (exact) mass is 446 g/mol. The zero-order chi connectivity index (χ0) is 16.5. The second kappa shape index (κ2) is 11.1. The van der Waals surface area contributed by atoms with Gasteiger partial charge in [-0.3, -0.25) is 9.79 Å². The first-order chi connectivity index (χ1) is 11.2. The minimum Gasteiger partial charge on any atom is -0.492 e. The molecule has 0 spiro atoms. The molecule has 24 heavy (non-hydrogen) atoms. The van der Waals surface area contributed by atoms with E-state index in [1.54, 1.807) is 7.05 Å². The molecule has 1 aromatic carbocycles. The summed E-state index contributed by atoms with van der Waals surface area (Å²) in [4.78, 5) is 17.8. The van der Waals surface area contributed by atoms with E-state index in [1.165, 1.54) is 0 Å². The fraction of sp³-hybridized carbons (Fsp3) is 0.529. The van der Waals surface area contributed by atoms with Crippen LogP contribution in [0.2, 0.25) is 0 Å². The highest BCUT2D eigenvalue weighted by Crippen LogP contribution is 2.10. The second-order valence-corrected chi connectivity index (χ2v) is 5.48. The van der Waals surface area contributed by atoms with Crippen molar-refractivity contribution < 1.29 is 9.53 Å². The summed E-state index contributed by atoms with van der Waals surface area (Å²) in [5.41, 5.74) is 0. The fourth-order valence-corrected chi connectivity index (χ4v) is 2.57. The van der Waals surface area contributed by atoms with E-state index in [0.29, 0.717) is 19.6 Å². The van der Waals surface area contributed by atoms with Gasteiger partial charge in [-0.2, -0.15) is 0 Å².